The molecule has 1 atom stereocenters. The first-order valence-corrected chi connectivity index (χ1v) is 6.71. The number of aryl methyl sites for hydroxylation is 1. The maximum absolute atomic E-state index is 12.2. The van der Waals surface area contributed by atoms with Crippen molar-refractivity contribution in [3.8, 4) is 0 Å². The molecule has 1 heterocycles. The first-order chi connectivity index (χ1) is 9.61. The zero-order valence-electron chi connectivity index (χ0n) is 11.8. The minimum absolute atomic E-state index is 0.0257. The number of carbonyl (C=O) groups excluding carboxylic acids is 1. The average molecular weight is 269 g/mol. The van der Waals surface area contributed by atoms with E-state index in [1.807, 2.05) is 25.1 Å². The Morgan fingerprint density at radius 1 is 1.30 bits per heavy atom. The maximum atomic E-state index is 12.2. The van der Waals surface area contributed by atoms with E-state index in [1.165, 1.54) is 0 Å². The molecule has 0 aliphatic heterocycles. The molecule has 3 N–H and O–H groups in total. The van der Waals surface area contributed by atoms with Crippen LogP contribution < -0.4 is 11.1 Å². The van der Waals surface area contributed by atoms with Gasteiger partial charge in [0.25, 0.3) is 5.91 Å². The van der Waals surface area contributed by atoms with Crippen molar-refractivity contribution in [3.05, 3.63) is 59.4 Å². The van der Waals surface area contributed by atoms with Crippen molar-refractivity contribution in [3.63, 3.8) is 0 Å². The molecule has 0 spiro atoms. The van der Waals surface area contributed by atoms with E-state index in [-0.39, 0.29) is 11.9 Å². The van der Waals surface area contributed by atoms with Crippen LogP contribution in [0.1, 0.15) is 41.4 Å². The zero-order chi connectivity index (χ0) is 14.5. The van der Waals surface area contributed by atoms with Gasteiger partial charge in [-0.25, -0.2) is 0 Å². The quantitative estimate of drug-likeness (QED) is 0.896. The Morgan fingerprint density at radius 3 is 2.60 bits per heavy atom. The van der Waals surface area contributed by atoms with Crippen molar-refractivity contribution in [1.82, 2.24) is 4.98 Å². The Balaban J connectivity index is 2.22. The number of carbonyl (C=O) groups is 1. The summed E-state index contributed by atoms with van der Waals surface area (Å²) in [5.74, 6) is -0.123. The van der Waals surface area contributed by atoms with Crippen LogP contribution in [-0.2, 0) is 6.42 Å². The van der Waals surface area contributed by atoms with Crippen LogP contribution in [-0.4, -0.2) is 10.9 Å². The number of nitrogens with two attached hydrogens (primary N) is 1. The maximum Gasteiger partial charge on any atom is 0.255 e. The largest absolute Gasteiger partial charge is 0.324 e. The molecule has 2 aromatic rings. The second-order valence-corrected chi connectivity index (χ2v) is 4.75. The summed E-state index contributed by atoms with van der Waals surface area (Å²) >= 11 is 0. The minimum Gasteiger partial charge on any atom is -0.324 e. The molecular formula is C16H19N3O. The van der Waals surface area contributed by atoms with Gasteiger partial charge >= 0.3 is 0 Å². The van der Waals surface area contributed by atoms with Crippen molar-refractivity contribution in [2.24, 2.45) is 5.73 Å². The van der Waals surface area contributed by atoms with Crippen LogP contribution in [0.4, 0.5) is 5.69 Å². The molecule has 0 radical (unpaired) electrons. The van der Waals surface area contributed by atoms with E-state index in [2.05, 4.69) is 17.2 Å². The lowest BCUT2D eigenvalue weighted by Gasteiger charge is -2.13. The Bertz CT molecular complexity index is 594. The Labute approximate surface area is 119 Å². The van der Waals surface area contributed by atoms with Gasteiger partial charge in [-0.3, -0.25) is 9.78 Å². The smallest absolute Gasteiger partial charge is 0.255 e. The second kappa shape index (κ2) is 6.30. The van der Waals surface area contributed by atoms with Crippen LogP contribution in [0.3, 0.4) is 0 Å². The summed E-state index contributed by atoms with van der Waals surface area (Å²) in [6.07, 6.45) is 4.14. The Hall–Kier alpha value is -2.20. The van der Waals surface area contributed by atoms with Crippen LogP contribution in [0.2, 0.25) is 0 Å². The normalized spacial score (nSPS) is 11.9. The van der Waals surface area contributed by atoms with E-state index in [9.17, 15) is 4.79 Å². The van der Waals surface area contributed by atoms with Gasteiger partial charge in [-0.1, -0.05) is 13.0 Å². The van der Waals surface area contributed by atoms with E-state index < -0.39 is 0 Å². The minimum atomic E-state index is -0.123. The van der Waals surface area contributed by atoms with E-state index in [1.54, 1.807) is 24.5 Å². The first-order valence-electron chi connectivity index (χ1n) is 6.71. The van der Waals surface area contributed by atoms with Crippen LogP contribution in [0.25, 0.3) is 0 Å². The summed E-state index contributed by atoms with van der Waals surface area (Å²) < 4.78 is 0. The third kappa shape index (κ3) is 3.22. The standard InChI is InChI=1S/C16H19N3O/c1-3-12-10-13(4-5-15(12)11(2)17)16(20)19-14-6-8-18-9-7-14/h4-11H,3,17H2,1-2H3,(H,18,19,20). The van der Waals surface area contributed by atoms with E-state index in [0.29, 0.717) is 5.56 Å². The number of pyridine rings is 1. The van der Waals surface area contributed by atoms with Gasteiger partial charge in [0.2, 0.25) is 0 Å². The van der Waals surface area contributed by atoms with Crippen molar-refractivity contribution in [1.29, 1.82) is 0 Å². The number of hydrogen-bond donors (Lipinski definition) is 2. The number of aromatic nitrogens is 1. The van der Waals surface area contributed by atoms with E-state index in [0.717, 1.165) is 23.2 Å². The Morgan fingerprint density at radius 2 is 2.00 bits per heavy atom. The number of rotatable bonds is 4. The van der Waals surface area contributed by atoms with Gasteiger partial charge in [0.1, 0.15) is 0 Å². The summed E-state index contributed by atoms with van der Waals surface area (Å²) in [7, 11) is 0. The second-order valence-electron chi connectivity index (χ2n) is 4.75. The predicted molar refractivity (Wildman–Crippen MR) is 80.6 cm³/mol. The van der Waals surface area contributed by atoms with Crippen LogP contribution in [0.5, 0.6) is 0 Å². The molecule has 4 nitrogen and oxygen atoms in total. The summed E-state index contributed by atoms with van der Waals surface area (Å²) in [5.41, 5.74) is 9.51. The average Bonchev–Trinajstić information content (AvgIpc) is 2.47. The number of nitrogens with one attached hydrogen (secondary N) is 1. The monoisotopic (exact) mass is 269 g/mol. The van der Waals surface area contributed by atoms with E-state index >= 15 is 0 Å². The number of amides is 1. The van der Waals surface area contributed by atoms with Gasteiger partial charge in [0.05, 0.1) is 0 Å². The fourth-order valence-electron chi connectivity index (χ4n) is 2.14. The highest BCUT2D eigenvalue weighted by atomic mass is 16.1. The highest BCUT2D eigenvalue weighted by molar-refractivity contribution is 6.04. The highest BCUT2D eigenvalue weighted by Crippen LogP contribution is 2.19. The highest BCUT2D eigenvalue weighted by Gasteiger charge is 2.11. The molecule has 1 aromatic carbocycles. The lowest BCUT2D eigenvalue weighted by atomic mass is 9.97. The van der Waals surface area contributed by atoms with Gasteiger partial charge in [-0.2, -0.15) is 0 Å². The van der Waals surface area contributed by atoms with Crippen LogP contribution >= 0.6 is 0 Å². The lowest BCUT2D eigenvalue weighted by Crippen LogP contribution is -2.14. The van der Waals surface area contributed by atoms with Gasteiger partial charge in [0, 0.05) is 29.7 Å². The lowest BCUT2D eigenvalue weighted by molar-refractivity contribution is 0.102. The molecule has 20 heavy (non-hydrogen) atoms. The fraction of sp³-hybridized carbons (Fsp3) is 0.250. The molecule has 2 rings (SSSR count). The SMILES string of the molecule is CCc1cc(C(=O)Nc2ccncc2)ccc1C(C)N. The molecule has 1 aromatic heterocycles. The summed E-state index contributed by atoms with van der Waals surface area (Å²) in [6, 6.07) is 9.15. The van der Waals surface area contributed by atoms with Gasteiger partial charge in [-0.05, 0) is 48.7 Å². The summed E-state index contributed by atoms with van der Waals surface area (Å²) in [4.78, 5) is 16.1. The van der Waals surface area contributed by atoms with Crippen LogP contribution in [0.15, 0.2) is 42.7 Å². The molecule has 0 fully saturated rings. The zero-order valence-corrected chi connectivity index (χ0v) is 11.8. The van der Waals surface area contributed by atoms with Crippen molar-refractivity contribution < 1.29 is 4.79 Å². The van der Waals surface area contributed by atoms with Gasteiger partial charge < -0.3 is 11.1 Å². The third-order valence-electron chi connectivity index (χ3n) is 3.21. The summed E-state index contributed by atoms with van der Waals surface area (Å²) in [6.45, 7) is 4.01. The molecule has 0 bridgehead atoms. The van der Waals surface area contributed by atoms with Gasteiger partial charge in [-0.15, -0.1) is 0 Å². The Kier molecular flexibility index (Phi) is 4.48. The molecule has 0 saturated heterocycles. The number of hydrogen-bond acceptors (Lipinski definition) is 3. The first kappa shape index (κ1) is 14.2. The predicted octanol–water partition coefficient (Wildman–Crippen LogP) is 2.92. The molecule has 4 heteroatoms. The molecule has 1 unspecified atom stereocenters. The molecule has 1 amide bonds. The molecule has 0 aliphatic carbocycles. The fourth-order valence-corrected chi connectivity index (χ4v) is 2.14. The van der Waals surface area contributed by atoms with E-state index in [4.69, 9.17) is 5.73 Å². The van der Waals surface area contributed by atoms with Gasteiger partial charge in [0.15, 0.2) is 0 Å². The molecule has 0 aliphatic rings. The number of anilines is 1. The van der Waals surface area contributed by atoms with Crippen molar-refractivity contribution in [2.45, 2.75) is 26.3 Å². The number of nitrogens with zero attached hydrogens (tertiary/aromatic N) is 1. The van der Waals surface area contributed by atoms with Crippen LogP contribution in [0, 0.1) is 0 Å². The third-order valence-corrected chi connectivity index (χ3v) is 3.21. The molecular weight excluding hydrogens is 250 g/mol. The molecule has 0 saturated carbocycles. The molecule has 104 valence electrons. The van der Waals surface area contributed by atoms with Crippen molar-refractivity contribution >= 4 is 11.6 Å². The summed E-state index contributed by atoms with van der Waals surface area (Å²) in [5, 5.41) is 2.85. The van der Waals surface area contributed by atoms with Crippen molar-refractivity contribution in [2.75, 3.05) is 5.32 Å². The topological polar surface area (TPSA) is 68.0 Å². The number of benzene rings is 1.